The monoisotopic (exact) mass is 1180 g/mol. The van der Waals surface area contributed by atoms with E-state index in [1.165, 1.54) is 63.5 Å². The molecule has 0 radical (unpaired) electrons. The van der Waals surface area contributed by atoms with Crippen molar-refractivity contribution in [2.75, 3.05) is 14.2 Å². The van der Waals surface area contributed by atoms with Crippen LogP contribution in [0.15, 0.2) is 110 Å². The number of hydrogen-bond donors (Lipinski definition) is 3. The van der Waals surface area contributed by atoms with Crippen molar-refractivity contribution in [3.63, 3.8) is 0 Å². The van der Waals surface area contributed by atoms with Crippen LogP contribution in [0, 0.1) is 56.9 Å². The molecule has 1 fully saturated rings. The number of nitrogens with zero attached hydrogens (tertiary/aromatic N) is 6. The summed E-state index contributed by atoms with van der Waals surface area (Å²) in [5.74, 6) is -4.82. The molecule has 5 atom stereocenters. The summed E-state index contributed by atoms with van der Waals surface area (Å²) in [7, 11) is 2.63. The summed E-state index contributed by atoms with van der Waals surface area (Å²) in [6, 6.07) is 18.7. The summed E-state index contributed by atoms with van der Waals surface area (Å²) in [4.78, 5) is 96.9. The van der Waals surface area contributed by atoms with Crippen LogP contribution < -0.4 is 5.48 Å². The lowest BCUT2D eigenvalue weighted by molar-refractivity contribution is -0.151. The number of ketones is 1. The number of aldehydes is 1. The maximum absolute atomic E-state index is 14.0. The Hall–Kier alpha value is -8.98. The SMILES string of the molecule is COC(=O)C1(c2cccc(F)c2C)CCC(=O)C(C=O)C1.COC(=O)C1(c2cccc(F)c2C)CCc2ncncc2C1.Cc1c(F)cccc1C1(C(=O)NO)CCc2ncncc2C1.Cc1c(F)cccc1C1(C(=O)O)CCc2ncncc2C1. The molecule has 1 amide bonds. The van der Waals surface area contributed by atoms with Gasteiger partial charge in [0.25, 0.3) is 5.91 Å². The van der Waals surface area contributed by atoms with Gasteiger partial charge in [0.05, 0.1) is 41.8 Å². The zero-order valence-corrected chi connectivity index (χ0v) is 48.4. The Morgan fingerprint density at radius 3 is 1.27 bits per heavy atom. The Morgan fingerprint density at radius 2 is 0.872 bits per heavy atom. The number of methoxy groups -OCH3 is 2. The number of aromatic nitrogens is 6. The number of benzene rings is 4. The summed E-state index contributed by atoms with van der Waals surface area (Å²) in [5.41, 5.74) is 6.92. The normalized spacial score (nSPS) is 21.7. The van der Waals surface area contributed by atoms with Gasteiger partial charge in [-0.1, -0.05) is 48.5 Å². The average molecular weight is 1180 g/mol. The third kappa shape index (κ3) is 12.1. The van der Waals surface area contributed by atoms with Crippen molar-refractivity contribution in [3.05, 3.63) is 212 Å². The average Bonchev–Trinajstić information content (AvgIpc) is 0.995. The molecule has 3 heterocycles. The highest BCUT2D eigenvalue weighted by atomic mass is 19.1. The van der Waals surface area contributed by atoms with Crippen LogP contribution in [-0.2, 0) is 98.4 Å². The molecule has 4 aliphatic rings. The van der Waals surface area contributed by atoms with E-state index in [1.807, 2.05) is 6.07 Å². The number of hydrogen-bond acceptors (Lipinski definition) is 15. The summed E-state index contributed by atoms with van der Waals surface area (Å²) in [5, 5.41) is 19.0. The third-order valence-electron chi connectivity index (χ3n) is 17.7. The molecule has 4 aliphatic carbocycles. The van der Waals surface area contributed by atoms with E-state index in [-0.39, 0.29) is 48.5 Å². The van der Waals surface area contributed by atoms with Gasteiger partial charge in [-0.25, -0.2) is 52.9 Å². The van der Waals surface area contributed by atoms with E-state index in [4.69, 9.17) is 9.47 Å². The van der Waals surface area contributed by atoms with E-state index in [1.54, 1.807) is 88.2 Å². The maximum Gasteiger partial charge on any atom is 0.316 e. The molecule has 3 aromatic heterocycles. The van der Waals surface area contributed by atoms with E-state index < -0.39 is 51.2 Å². The van der Waals surface area contributed by atoms with Gasteiger partial charge in [-0.2, -0.15) is 0 Å². The number of aryl methyl sites for hydroxylation is 3. The van der Waals surface area contributed by atoms with Crippen LogP contribution in [0.5, 0.6) is 0 Å². The molecule has 3 N–H and O–H groups in total. The number of nitrogens with one attached hydrogen (secondary N) is 1. The van der Waals surface area contributed by atoms with Gasteiger partial charge >= 0.3 is 17.9 Å². The summed E-state index contributed by atoms with van der Waals surface area (Å²) >= 11 is 0. The standard InChI is InChI=1S/C17H17FN2O2.C16H16FN3O2.C16H15FN2O2.C16H17FO4/c1-11-13(4-3-5-14(11)18)17(16(21)22-2)7-6-15-12(8-17)9-19-10-20-15;1-10-12(3-2-4-13(10)17)16(15(21)20-22)6-5-14-11(7-16)8-18-9-19-14;1-10-12(3-2-4-13(10)17)16(15(20)21)6-5-14-11(7-16)8-18-9-19-14;1-10-12(4-3-5-13(10)17)16(15(20)21-2)7-6-14(19)11(8-16)9-18/h3-5,9-10H,6-8H2,1-2H3;2-4,8-9,22H,5-7H2,1H3,(H,20,21);2-4,8-9H,5-7H2,1H3,(H,20,21);3-5,9,11H,6-8H2,1-2H3. The van der Waals surface area contributed by atoms with Crippen LogP contribution in [0.4, 0.5) is 17.6 Å². The number of ether oxygens (including phenoxy) is 2. The molecule has 0 aliphatic heterocycles. The van der Waals surface area contributed by atoms with Crippen molar-refractivity contribution in [1.82, 2.24) is 35.4 Å². The second-order valence-electron chi connectivity index (χ2n) is 22.1. The lowest BCUT2D eigenvalue weighted by Gasteiger charge is -2.37. The van der Waals surface area contributed by atoms with Crippen LogP contribution in [-0.4, -0.2) is 90.3 Å². The smallest absolute Gasteiger partial charge is 0.316 e. The van der Waals surface area contributed by atoms with E-state index in [9.17, 15) is 56.6 Å². The van der Waals surface area contributed by atoms with Crippen molar-refractivity contribution in [1.29, 1.82) is 0 Å². The minimum absolute atomic E-state index is 0.0340. The number of esters is 2. The number of carbonyl (C=O) groups is 6. The predicted octanol–water partition coefficient (Wildman–Crippen LogP) is 8.93. The van der Waals surface area contributed by atoms with Crippen molar-refractivity contribution >= 4 is 35.9 Å². The fraction of sp³-hybridized carbons (Fsp3) is 0.354. The first kappa shape index (κ1) is 63.1. The molecular weight excluding hydrogens is 1110 g/mol. The van der Waals surface area contributed by atoms with Gasteiger partial charge in [0, 0.05) is 42.1 Å². The molecule has 7 aromatic rings. The Labute approximate surface area is 494 Å². The topological polar surface area (TPSA) is 251 Å². The van der Waals surface area contributed by atoms with Gasteiger partial charge in [0.2, 0.25) is 0 Å². The summed E-state index contributed by atoms with van der Waals surface area (Å²) < 4.78 is 65.6. The fourth-order valence-electron chi connectivity index (χ4n) is 12.9. The largest absolute Gasteiger partial charge is 0.481 e. The Bertz CT molecular complexity index is 3610. The number of carbonyl (C=O) groups excluding carboxylic acids is 5. The molecule has 0 saturated heterocycles. The number of Topliss-reactive ketones (excluding diaryl/α,β-unsaturated/α-hetero) is 1. The van der Waals surface area contributed by atoms with Gasteiger partial charge in [0.15, 0.2) is 0 Å². The lowest BCUT2D eigenvalue weighted by Crippen LogP contribution is -2.48. The van der Waals surface area contributed by atoms with Crippen molar-refractivity contribution in [3.8, 4) is 0 Å². The van der Waals surface area contributed by atoms with Crippen molar-refractivity contribution in [2.24, 2.45) is 5.92 Å². The number of carboxylic acids is 1. The van der Waals surface area contributed by atoms with Crippen molar-refractivity contribution in [2.45, 2.75) is 126 Å². The van der Waals surface area contributed by atoms with E-state index in [2.05, 4.69) is 29.9 Å². The number of rotatable bonds is 9. The minimum atomic E-state index is -1.14. The Kier molecular flexibility index (Phi) is 19.4. The highest BCUT2D eigenvalue weighted by molar-refractivity contribution is 5.97. The number of carboxylic acid groups (broad SMARTS) is 1. The van der Waals surface area contributed by atoms with Gasteiger partial charge in [-0.3, -0.25) is 29.2 Å². The lowest BCUT2D eigenvalue weighted by atomic mass is 9.64. The third-order valence-corrected chi connectivity index (χ3v) is 17.7. The molecule has 5 unspecified atom stereocenters. The molecule has 17 nitrogen and oxygen atoms in total. The highest BCUT2D eigenvalue weighted by Crippen LogP contribution is 2.45. The molecule has 0 bridgehead atoms. The van der Waals surface area contributed by atoms with E-state index in [0.717, 1.165) is 33.8 Å². The maximum atomic E-state index is 14.0. The van der Waals surface area contributed by atoms with E-state index in [0.29, 0.717) is 109 Å². The zero-order valence-electron chi connectivity index (χ0n) is 48.4. The summed E-state index contributed by atoms with van der Waals surface area (Å²) in [6.45, 7) is 6.56. The molecule has 1 saturated carbocycles. The molecule has 86 heavy (non-hydrogen) atoms. The van der Waals surface area contributed by atoms with Crippen LogP contribution in [0.2, 0.25) is 0 Å². The number of aliphatic carboxylic acids is 1. The number of fused-ring (bicyclic) bond motifs is 3. The van der Waals surface area contributed by atoms with Gasteiger partial charge in [0.1, 0.15) is 54.3 Å². The highest BCUT2D eigenvalue weighted by Gasteiger charge is 2.50. The number of amides is 1. The molecular formula is C65H65F4N7O10. The molecule has 11 rings (SSSR count). The fourth-order valence-corrected chi connectivity index (χ4v) is 12.9. The quantitative estimate of drug-likeness (QED) is 0.0305. The van der Waals surface area contributed by atoms with Gasteiger partial charge in [-0.15, -0.1) is 0 Å². The molecule has 448 valence electrons. The molecule has 0 spiro atoms. The van der Waals surface area contributed by atoms with E-state index >= 15 is 0 Å². The first-order chi connectivity index (χ1) is 41.2. The van der Waals surface area contributed by atoms with Crippen LogP contribution >= 0.6 is 0 Å². The second-order valence-corrected chi connectivity index (χ2v) is 22.1. The Balaban J connectivity index is 0.000000149. The number of hydroxylamine groups is 1. The number of halogens is 4. The molecule has 4 aromatic carbocycles. The minimum Gasteiger partial charge on any atom is -0.481 e. The van der Waals surface area contributed by atoms with Gasteiger partial charge in [-0.05, 0) is 184 Å². The first-order valence-corrected chi connectivity index (χ1v) is 27.9. The van der Waals surface area contributed by atoms with Crippen molar-refractivity contribution < 1.29 is 66.1 Å². The molecule has 21 heteroatoms. The Morgan fingerprint density at radius 1 is 0.535 bits per heavy atom. The predicted molar refractivity (Wildman–Crippen MR) is 303 cm³/mol. The van der Waals surface area contributed by atoms with Crippen LogP contribution in [0.25, 0.3) is 0 Å². The zero-order chi connectivity index (χ0) is 62.1. The first-order valence-electron chi connectivity index (χ1n) is 27.9. The van der Waals surface area contributed by atoms with Crippen LogP contribution in [0.3, 0.4) is 0 Å². The van der Waals surface area contributed by atoms with Gasteiger partial charge < -0.3 is 19.4 Å². The van der Waals surface area contributed by atoms with Crippen LogP contribution in [0.1, 0.15) is 117 Å². The summed E-state index contributed by atoms with van der Waals surface area (Å²) in [6.07, 6.45) is 14.7. The second kappa shape index (κ2) is 26.5.